The summed E-state index contributed by atoms with van der Waals surface area (Å²) in [5.41, 5.74) is 0.636. The van der Waals surface area contributed by atoms with E-state index in [2.05, 4.69) is 15.2 Å². The number of hydrogen-bond donors (Lipinski definition) is 0. The zero-order valence-corrected chi connectivity index (χ0v) is 16.3. The predicted molar refractivity (Wildman–Crippen MR) is 96.1 cm³/mol. The van der Waals surface area contributed by atoms with Crippen molar-refractivity contribution in [2.75, 3.05) is 7.05 Å². The van der Waals surface area contributed by atoms with Crippen LogP contribution in [0, 0.1) is 13.8 Å². The van der Waals surface area contributed by atoms with Crippen LogP contribution in [-0.2, 0) is 13.1 Å². The summed E-state index contributed by atoms with van der Waals surface area (Å²) in [4.78, 5) is 17.8. The SMILES string of the molecule is CCn1nc(C)c(CN(C)C(=O)c2cc3nc(C(F)F)cc(C(F)F)n3n2)c1C. The van der Waals surface area contributed by atoms with Crippen molar-refractivity contribution in [3.05, 3.63) is 46.2 Å². The largest absolute Gasteiger partial charge is 0.336 e. The van der Waals surface area contributed by atoms with Gasteiger partial charge in [0.1, 0.15) is 11.4 Å². The lowest BCUT2D eigenvalue weighted by Gasteiger charge is -2.16. The second-order valence-electron chi connectivity index (χ2n) is 6.63. The van der Waals surface area contributed by atoms with Crippen LogP contribution < -0.4 is 0 Å². The molecule has 0 unspecified atom stereocenters. The average molecular weight is 412 g/mol. The molecule has 11 heteroatoms. The van der Waals surface area contributed by atoms with Gasteiger partial charge in [0.25, 0.3) is 18.8 Å². The minimum absolute atomic E-state index is 0.161. The van der Waals surface area contributed by atoms with Crippen LogP contribution in [0.4, 0.5) is 17.6 Å². The van der Waals surface area contributed by atoms with Gasteiger partial charge in [0, 0.05) is 37.5 Å². The molecule has 0 bridgehead atoms. The van der Waals surface area contributed by atoms with Crippen LogP contribution in [0.2, 0.25) is 0 Å². The Morgan fingerprint density at radius 2 is 1.83 bits per heavy atom. The molecule has 0 N–H and O–H groups in total. The van der Waals surface area contributed by atoms with Gasteiger partial charge < -0.3 is 4.90 Å². The molecule has 0 aliphatic carbocycles. The molecule has 3 aromatic heterocycles. The summed E-state index contributed by atoms with van der Waals surface area (Å²) in [5, 5.41) is 8.28. The molecule has 3 rings (SSSR count). The predicted octanol–water partition coefficient (Wildman–Crippen LogP) is 3.71. The Balaban J connectivity index is 1.94. The fraction of sp³-hybridized carbons (Fsp3) is 0.444. The number of nitrogens with zero attached hydrogens (tertiary/aromatic N) is 6. The van der Waals surface area contributed by atoms with Crippen molar-refractivity contribution in [2.45, 2.75) is 46.7 Å². The van der Waals surface area contributed by atoms with Crippen molar-refractivity contribution < 1.29 is 22.4 Å². The molecule has 0 saturated carbocycles. The summed E-state index contributed by atoms with van der Waals surface area (Å²) in [7, 11) is 1.54. The number of amides is 1. The molecule has 3 aromatic rings. The van der Waals surface area contributed by atoms with E-state index in [1.807, 2.05) is 25.5 Å². The zero-order valence-electron chi connectivity index (χ0n) is 16.3. The molecule has 0 aliphatic rings. The third kappa shape index (κ3) is 3.81. The zero-order chi connectivity index (χ0) is 21.5. The average Bonchev–Trinajstić information content (AvgIpc) is 3.22. The summed E-state index contributed by atoms with van der Waals surface area (Å²) < 4.78 is 55.0. The summed E-state index contributed by atoms with van der Waals surface area (Å²) in [6.07, 6.45) is -6.07. The van der Waals surface area contributed by atoms with Crippen molar-refractivity contribution in [3.8, 4) is 0 Å². The molecule has 0 atom stereocenters. The van der Waals surface area contributed by atoms with Crippen molar-refractivity contribution >= 4 is 11.6 Å². The molecule has 3 heterocycles. The van der Waals surface area contributed by atoms with Gasteiger partial charge in [0.15, 0.2) is 11.3 Å². The fourth-order valence-corrected chi connectivity index (χ4v) is 3.17. The van der Waals surface area contributed by atoms with Crippen molar-refractivity contribution in [1.82, 2.24) is 29.3 Å². The Labute approximate surface area is 163 Å². The van der Waals surface area contributed by atoms with Gasteiger partial charge in [-0.15, -0.1) is 0 Å². The molecule has 0 aliphatic heterocycles. The van der Waals surface area contributed by atoms with Gasteiger partial charge in [-0.25, -0.2) is 27.1 Å². The number of carbonyl (C=O) groups excluding carboxylic acids is 1. The second kappa shape index (κ2) is 7.80. The number of fused-ring (bicyclic) bond motifs is 1. The number of aromatic nitrogens is 5. The van der Waals surface area contributed by atoms with E-state index in [-0.39, 0.29) is 17.9 Å². The standard InChI is InChI=1S/C18H20F4N6O/c1-5-27-10(3)11(9(2)24-27)8-26(4)18(29)13-7-15-23-12(16(19)20)6-14(17(21)22)28(15)25-13/h6-7,16-17H,5,8H2,1-4H3. The van der Waals surface area contributed by atoms with E-state index in [9.17, 15) is 22.4 Å². The van der Waals surface area contributed by atoms with E-state index >= 15 is 0 Å². The summed E-state index contributed by atoms with van der Waals surface area (Å²) in [6.45, 7) is 6.61. The molecule has 0 radical (unpaired) electrons. The molecular weight excluding hydrogens is 392 g/mol. The lowest BCUT2D eigenvalue weighted by molar-refractivity contribution is 0.0777. The lowest BCUT2D eigenvalue weighted by atomic mass is 10.2. The first kappa shape index (κ1) is 20.7. The molecule has 156 valence electrons. The van der Waals surface area contributed by atoms with Crippen LogP contribution in [0.3, 0.4) is 0 Å². The highest BCUT2D eigenvalue weighted by Gasteiger charge is 2.24. The van der Waals surface area contributed by atoms with Crippen LogP contribution in [-0.4, -0.2) is 42.2 Å². The van der Waals surface area contributed by atoms with Gasteiger partial charge in [-0.3, -0.25) is 9.48 Å². The van der Waals surface area contributed by atoms with E-state index in [0.29, 0.717) is 12.6 Å². The summed E-state index contributed by atoms with van der Waals surface area (Å²) in [5.74, 6) is -0.544. The van der Waals surface area contributed by atoms with Gasteiger partial charge in [-0.05, 0) is 26.8 Å². The normalized spacial score (nSPS) is 11.8. The summed E-state index contributed by atoms with van der Waals surface area (Å²) >= 11 is 0. The molecular formula is C18H20F4N6O. The first-order valence-corrected chi connectivity index (χ1v) is 8.89. The molecule has 1 amide bonds. The maximum Gasteiger partial charge on any atom is 0.280 e. The van der Waals surface area contributed by atoms with Crippen LogP contribution in [0.5, 0.6) is 0 Å². The molecule has 0 saturated heterocycles. The van der Waals surface area contributed by atoms with Crippen LogP contribution in [0.1, 0.15) is 58.6 Å². The third-order valence-corrected chi connectivity index (χ3v) is 4.71. The van der Waals surface area contributed by atoms with Crippen molar-refractivity contribution in [2.24, 2.45) is 0 Å². The Morgan fingerprint density at radius 1 is 1.14 bits per heavy atom. The van der Waals surface area contributed by atoms with Gasteiger partial charge in [0.2, 0.25) is 0 Å². The Kier molecular flexibility index (Phi) is 5.58. The highest BCUT2D eigenvalue weighted by molar-refractivity contribution is 5.93. The number of aryl methyl sites for hydroxylation is 2. The maximum absolute atomic E-state index is 13.3. The highest BCUT2D eigenvalue weighted by atomic mass is 19.3. The van der Waals surface area contributed by atoms with Gasteiger partial charge >= 0.3 is 0 Å². The van der Waals surface area contributed by atoms with E-state index in [4.69, 9.17) is 0 Å². The highest BCUT2D eigenvalue weighted by Crippen LogP contribution is 2.26. The van der Waals surface area contributed by atoms with Crippen molar-refractivity contribution in [1.29, 1.82) is 0 Å². The molecule has 0 aromatic carbocycles. The molecule has 0 spiro atoms. The first-order chi connectivity index (χ1) is 13.6. The maximum atomic E-state index is 13.3. The molecule has 7 nitrogen and oxygen atoms in total. The topological polar surface area (TPSA) is 68.3 Å². The first-order valence-electron chi connectivity index (χ1n) is 8.89. The van der Waals surface area contributed by atoms with Crippen LogP contribution >= 0.6 is 0 Å². The molecule has 0 fully saturated rings. The van der Waals surface area contributed by atoms with Crippen LogP contribution in [0.25, 0.3) is 5.65 Å². The van der Waals surface area contributed by atoms with Gasteiger partial charge in [-0.1, -0.05) is 0 Å². The number of rotatable bonds is 6. The van der Waals surface area contributed by atoms with E-state index in [1.165, 1.54) is 4.90 Å². The van der Waals surface area contributed by atoms with E-state index in [0.717, 1.165) is 27.5 Å². The van der Waals surface area contributed by atoms with Gasteiger partial charge in [-0.2, -0.15) is 10.2 Å². The van der Waals surface area contributed by atoms with Crippen LogP contribution in [0.15, 0.2) is 12.1 Å². The smallest absolute Gasteiger partial charge is 0.280 e. The number of halogens is 4. The second-order valence-corrected chi connectivity index (χ2v) is 6.63. The lowest BCUT2D eigenvalue weighted by Crippen LogP contribution is -2.27. The Bertz CT molecular complexity index is 1060. The summed E-state index contributed by atoms with van der Waals surface area (Å²) in [6, 6.07) is 1.73. The molecule has 29 heavy (non-hydrogen) atoms. The van der Waals surface area contributed by atoms with Gasteiger partial charge in [0.05, 0.1) is 5.69 Å². The minimum atomic E-state index is -3.05. The number of carbonyl (C=O) groups is 1. The Morgan fingerprint density at radius 3 is 2.38 bits per heavy atom. The number of alkyl halides is 4. The van der Waals surface area contributed by atoms with Crippen molar-refractivity contribution in [3.63, 3.8) is 0 Å². The monoisotopic (exact) mass is 412 g/mol. The quantitative estimate of drug-likeness (QED) is 0.579. The van der Waals surface area contributed by atoms with E-state index < -0.39 is 30.1 Å². The minimum Gasteiger partial charge on any atom is -0.336 e. The Hall–Kier alpha value is -2.98. The van der Waals surface area contributed by atoms with E-state index in [1.54, 1.807) is 7.05 Å². The third-order valence-electron chi connectivity index (χ3n) is 4.71. The fourth-order valence-electron chi connectivity index (χ4n) is 3.17. The number of hydrogen-bond acceptors (Lipinski definition) is 4.